The van der Waals surface area contributed by atoms with E-state index in [9.17, 15) is 8.78 Å². The molecule has 0 heterocycles. The van der Waals surface area contributed by atoms with Gasteiger partial charge in [-0.2, -0.15) is 4.39 Å². The second-order valence-electron chi connectivity index (χ2n) is 2.04. The lowest BCUT2D eigenvalue weighted by molar-refractivity contribution is 0.348. The van der Waals surface area contributed by atoms with Crippen LogP contribution in [0, 0.1) is 15.2 Å². The van der Waals surface area contributed by atoms with Crippen LogP contribution in [0.1, 0.15) is 0 Å². The molecule has 0 aromatic heterocycles. The maximum atomic E-state index is 12.9. The lowest BCUT2D eigenvalue weighted by Crippen LogP contribution is -1.94. The molecular formula is C7H5F2IO2. The molecule has 0 aliphatic rings. The summed E-state index contributed by atoms with van der Waals surface area (Å²) in [6, 6.07) is 0.998. The molecule has 0 saturated carbocycles. The molecule has 1 N–H and O–H groups in total. The molecule has 0 atom stereocenters. The first-order valence-electron chi connectivity index (χ1n) is 2.98. The molecule has 0 unspecified atom stereocenters. The number of aromatic hydroxyl groups is 1. The molecule has 0 radical (unpaired) electrons. The highest BCUT2D eigenvalue weighted by Gasteiger charge is 2.16. The van der Waals surface area contributed by atoms with Gasteiger partial charge in [0.25, 0.3) is 0 Å². The monoisotopic (exact) mass is 286 g/mol. The zero-order valence-electron chi connectivity index (χ0n) is 6.07. The van der Waals surface area contributed by atoms with E-state index < -0.39 is 17.4 Å². The SMILES string of the molecule is COc1c(I)cc(F)c(O)c1F. The fourth-order valence-electron chi connectivity index (χ4n) is 0.749. The third kappa shape index (κ3) is 1.45. The summed E-state index contributed by atoms with van der Waals surface area (Å²) in [5, 5.41) is 8.81. The molecule has 0 amide bonds. The number of phenols is 1. The summed E-state index contributed by atoms with van der Waals surface area (Å²) in [6.07, 6.45) is 0. The van der Waals surface area contributed by atoms with Crippen LogP contribution in [-0.2, 0) is 0 Å². The van der Waals surface area contributed by atoms with Crippen LogP contribution in [0.3, 0.4) is 0 Å². The van der Waals surface area contributed by atoms with E-state index in [-0.39, 0.29) is 9.32 Å². The van der Waals surface area contributed by atoms with Gasteiger partial charge in [0.2, 0.25) is 5.82 Å². The van der Waals surface area contributed by atoms with Crippen molar-refractivity contribution in [2.75, 3.05) is 7.11 Å². The molecule has 0 saturated heterocycles. The van der Waals surface area contributed by atoms with E-state index in [2.05, 4.69) is 4.74 Å². The van der Waals surface area contributed by atoms with E-state index in [0.717, 1.165) is 6.07 Å². The Morgan fingerprint density at radius 1 is 1.50 bits per heavy atom. The third-order valence-electron chi connectivity index (χ3n) is 1.31. The van der Waals surface area contributed by atoms with Gasteiger partial charge >= 0.3 is 0 Å². The van der Waals surface area contributed by atoms with Crippen LogP contribution in [0.25, 0.3) is 0 Å². The number of benzene rings is 1. The normalized spacial score (nSPS) is 10.0. The van der Waals surface area contributed by atoms with E-state index >= 15 is 0 Å². The first kappa shape index (κ1) is 9.50. The lowest BCUT2D eigenvalue weighted by atomic mass is 10.3. The van der Waals surface area contributed by atoms with Crippen LogP contribution in [0.2, 0.25) is 0 Å². The van der Waals surface area contributed by atoms with Gasteiger partial charge in [-0.1, -0.05) is 0 Å². The van der Waals surface area contributed by atoms with E-state index in [4.69, 9.17) is 5.11 Å². The fourth-order valence-corrected chi connectivity index (χ4v) is 1.48. The van der Waals surface area contributed by atoms with Crippen molar-refractivity contribution in [3.05, 3.63) is 21.3 Å². The van der Waals surface area contributed by atoms with Crippen molar-refractivity contribution in [3.8, 4) is 11.5 Å². The summed E-state index contributed by atoms with van der Waals surface area (Å²) < 4.78 is 30.4. The molecule has 1 rings (SSSR count). The molecule has 0 aliphatic heterocycles. The number of methoxy groups -OCH3 is 1. The highest BCUT2D eigenvalue weighted by molar-refractivity contribution is 14.1. The number of hydrogen-bond acceptors (Lipinski definition) is 2. The van der Waals surface area contributed by atoms with Gasteiger partial charge in [0.05, 0.1) is 10.7 Å². The van der Waals surface area contributed by atoms with Gasteiger partial charge in [0.15, 0.2) is 17.3 Å². The number of halogens is 3. The standard InChI is InChI=1S/C7H5F2IO2/c1-12-7-4(10)2-3(8)6(11)5(7)9/h2,11H,1H3. The van der Waals surface area contributed by atoms with Gasteiger partial charge in [-0.3, -0.25) is 0 Å². The molecular weight excluding hydrogens is 281 g/mol. The minimum atomic E-state index is -1.07. The fraction of sp³-hybridized carbons (Fsp3) is 0.143. The predicted molar refractivity (Wildman–Crippen MR) is 47.3 cm³/mol. The average Bonchev–Trinajstić information content (AvgIpc) is 2.01. The smallest absolute Gasteiger partial charge is 0.210 e. The molecule has 0 bridgehead atoms. The first-order chi connectivity index (χ1) is 5.57. The third-order valence-corrected chi connectivity index (χ3v) is 2.11. The quantitative estimate of drug-likeness (QED) is 0.803. The van der Waals surface area contributed by atoms with Crippen LogP contribution in [0.15, 0.2) is 6.07 Å². The van der Waals surface area contributed by atoms with Crippen LogP contribution in [0.4, 0.5) is 8.78 Å². The highest BCUT2D eigenvalue weighted by atomic mass is 127. The minimum absolute atomic E-state index is 0.144. The second kappa shape index (κ2) is 3.42. The topological polar surface area (TPSA) is 29.5 Å². The average molecular weight is 286 g/mol. The van der Waals surface area contributed by atoms with Gasteiger partial charge in [0.1, 0.15) is 0 Å². The van der Waals surface area contributed by atoms with Crippen molar-refractivity contribution < 1.29 is 18.6 Å². The van der Waals surface area contributed by atoms with Gasteiger partial charge < -0.3 is 9.84 Å². The van der Waals surface area contributed by atoms with E-state index in [1.807, 2.05) is 0 Å². The second-order valence-corrected chi connectivity index (χ2v) is 3.20. The van der Waals surface area contributed by atoms with Gasteiger partial charge in [0, 0.05) is 0 Å². The van der Waals surface area contributed by atoms with Crippen molar-refractivity contribution in [1.82, 2.24) is 0 Å². The molecule has 2 nitrogen and oxygen atoms in total. The molecule has 0 fully saturated rings. The van der Waals surface area contributed by atoms with Crippen LogP contribution in [0.5, 0.6) is 11.5 Å². The summed E-state index contributed by atoms with van der Waals surface area (Å²) >= 11 is 1.71. The zero-order valence-corrected chi connectivity index (χ0v) is 8.22. The van der Waals surface area contributed by atoms with E-state index in [0.29, 0.717) is 0 Å². The van der Waals surface area contributed by atoms with Crippen molar-refractivity contribution >= 4 is 22.6 Å². The minimum Gasteiger partial charge on any atom is -0.503 e. The van der Waals surface area contributed by atoms with E-state index in [1.165, 1.54) is 7.11 Å². The zero-order chi connectivity index (χ0) is 9.30. The van der Waals surface area contributed by atoms with Crippen LogP contribution < -0.4 is 4.74 Å². The molecule has 5 heteroatoms. The number of hydrogen-bond donors (Lipinski definition) is 1. The van der Waals surface area contributed by atoms with Gasteiger partial charge in [-0.25, -0.2) is 4.39 Å². The predicted octanol–water partition coefficient (Wildman–Crippen LogP) is 2.28. The summed E-state index contributed by atoms with van der Waals surface area (Å²) in [7, 11) is 1.25. The molecule has 0 spiro atoms. The summed E-state index contributed by atoms with van der Waals surface area (Å²) in [4.78, 5) is 0. The Balaban J connectivity index is 3.40. The van der Waals surface area contributed by atoms with Crippen molar-refractivity contribution in [3.63, 3.8) is 0 Å². The maximum absolute atomic E-state index is 12.9. The lowest BCUT2D eigenvalue weighted by Gasteiger charge is -2.06. The Morgan fingerprint density at radius 3 is 2.58 bits per heavy atom. The molecule has 12 heavy (non-hydrogen) atoms. The largest absolute Gasteiger partial charge is 0.503 e. The van der Waals surface area contributed by atoms with Gasteiger partial charge in [-0.15, -0.1) is 0 Å². The number of phenolic OH excluding ortho intramolecular Hbond substituents is 1. The molecule has 0 aliphatic carbocycles. The molecule has 1 aromatic rings. The summed E-state index contributed by atoms with van der Waals surface area (Å²) in [6.45, 7) is 0. The maximum Gasteiger partial charge on any atom is 0.210 e. The Kier molecular flexibility index (Phi) is 2.71. The highest BCUT2D eigenvalue weighted by Crippen LogP contribution is 2.32. The Bertz CT molecular complexity index is 315. The number of rotatable bonds is 1. The van der Waals surface area contributed by atoms with Crippen molar-refractivity contribution in [2.45, 2.75) is 0 Å². The summed E-state index contributed by atoms with van der Waals surface area (Å²) in [5.74, 6) is -3.21. The summed E-state index contributed by atoms with van der Waals surface area (Å²) in [5.41, 5.74) is 0. The molecule has 1 aromatic carbocycles. The Morgan fingerprint density at radius 2 is 2.08 bits per heavy atom. The first-order valence-corrected chi connectivity index (χ1v) is 4.06. The van der Waals surface area contributed by atoms with Crippen LogP contribution >= 0.6 is 22.6 Å². The van der Waals surface area contributed by atoms with Crippen molar-refractivity contribution in [1.29, 1.82) is 0 Å². The van der Waals surface area contributed by atoms with Gasteiger partial charge in [-0.05, 0) is 28.7 Å². The Labute approximate surface area is 81.3 Å². The Hall–Kier alpha value is -0.590. The molecule has 66 valence electrons. The van der Waals surface area contributed by atoms with E-state index in [1.54, 1.807) is 22.6 Å². The number of ether oxygens (including phenoxy) is 1. The van der Waals surface area contributed by atoms with Crippen molar-refractivity contribution in [2.24, 2.45) is 0 Å². The van der Waals surface area contributed by atoms with Crippen LogP contribution in [-0.4, -0.2) is 12.2 Å².